The van der Waals surface area contributed by atoms with Gasteiger partial charge in [-0.05, 0) is 62.0 Å². The van der Waals surface area contributed by atoms with Crippen LogP contribution in [0, 0.1) is 0 Å². The third-order valence-corrected chi connectivity index (χ3v) is 8.00. The van der Waals surface area contributed by atoms with E-state index >= 15 is 0 Å². The molecule has 0 bridgehead atoms. The Morgan fingerprint density at radius 1 is 0.914 bits per heavy atom. The molecule has 0 fully saturated rings. The molecule has 174 valence electrons. The van der Waals surface area contributed by atoms with Crippen molar-refractivity contribution in [2.75, 3.05) is 19.0 Å². The van der Waals surface area contributed by atoms with Crippen LogP contribution in [0.15, 0.2) is 90.8 Å². The number of hydrogen-bond donors (Lipinski definition) is 0. The van der Waals surface area contributed by atoms with Crippen molar-refractivity contribution in [3.05, 3.63) is 107 Å². The number of likely N-dealkylation sites (N-methyl/N-ethyl adjacent to an activating group) is 1. The SMILES string of the molecule is CN1C(=CC2=[N+](C)c3ncccc3C2(C)C)C(C)(Cc2ccccc2)c2cc3ccccc3nc21. The second kappa shape index (κ2) is 7.61. The lowest BCUT2D eigenvalue weighted by Gasteiger charge is -2.30. The minimum atomic E-state index is -0.228. The second-order valence-corrected chi connectivity index (χ2v) is 10.6. The number of nitrogens with zero attached hydrogens (tertiary/aromatic N) is 4. The minimum absolute atomic E-state index is 0.146. The fourth-order valence-corrected chi connectivity index (χ4v) is 6.07. The Bertz CT molecular complexity index is 1530. The molecule has 0 aliphatic carbocycles. The van der Waals surface area contributed by atoms with Gasteiger partial charge >= 0.3 is 5.82 Å². The van der Waals surface area contributed by atoms with E-state index < -0.39 is 0 Å². The van der Waals surface area contributed by atoms with Crippen LogP contribution in [0.3, 0.4) is 0 Å². The van der Waals surface area contributed by atoms with Gasteiger partial charge in [-0.2, -0.15) is 0 Å². The maximum atomic E-state index is 5.14. The monoisotopic (exact) mass is 459 g/mol. The van der Waals surface area contributed by atoms with Gasteiger partial charge in [-0.1, -0.05) is 48.5 Å². The van der Waals surface area contributed by atoms with Crippen LogP contribution in [0.1, 0.15) is 37.5 Å². The van der Waals surface area contributed by atoms with Crippen molar-refractivity contribution in [2.24, 2.45) is 0 Å². The van der Waals surface area contributed by atoms with Crippen LogP contribution in [0.4, 0.5) is 11.6 Å². The molecule has 4 heteroatoms. The molecule has 2 aromatic carbocycles. The standard InChI is InChI=1S/C31H31N4/c1-30(2)23-15-11-17-32-28(23)34(4)26(30)19-27-31(3,20-21-12-7-6-8-13-21)24-18-22-14-9-10-16-25(22)33-29(24)35(27)5/h6-19H,20H2,1-5H3/q+1. The van der Waals surface area contributed by atoms with Crippen LogP contribution >= 0.6 is 0 Å². The zero-order valence-electron chi connectivity index (χ0n) is 21.1. The first-order chi connectivity index (χ1) is 16.8. The Balaban J connectivity index is 1.58. The van der Waals surface area contributed by atoms with Crippen molar-refractivity contribution >= 4 is 28.3 Å². The molecule has 0 spiro atoms. The molecule has 1 unspecified atom stereocenters. The fraction of sp³-hybridized carbons (Fsp3) is 0.258. The molecule has 2 aromatic heterocycles. The summed E-state index contributed by atoms with van der Waals surface area (Å²) in [6.07, 6.45) is 5.19. The number of rotatable bonds is 3. The van der Waals surface area contributed by atoms with Gasteiger partial charge in [0, 0.05) is 35.2 Å². The molecule has 2 aliphatic heterocycles. The third-order valence-electron chi connectivity index (χ3n) is 8.00. The van der Waals surface area contributed by atoms with Crippen LogP contribution < -0.4 is 4.90 Å². The van der Waals surface area contributed by atoms with Crippen LogP contribution in [0.5, 0.6) is 0 Å². The van der Waals surface area contributed by atoms with E-state index in [1.165, 1.54) is 33.5 Å². The highest BCUT2D eigenvalue weighted by Gasteiger charge is 2.47. The first-order valence-electron chi connectivity index (χ1n) is 12.3. The van der Waals surface area contributed by atoms with Gasteiger partial charge in [-0.25, -0.2) is 9.56 Å². The van der Waals surface area contributed by atoms with Crippen LogP contribution in [-0.4, -0.2) is 34.4 Å². The number of benzene rings is 2. The summed E-state index contributed by atoms with van der Waals surface area (Å²) in [6.45, 7) is 6.97. The van der Waals surface area contributed by atoms with E-state index in [0.717, 1.165) is 23.6 Å². The number of anilines is 1. The van der Waals surface area contributed by atoms with Crippen LogP contribution in [0.2, 0.25) is 0 Å². The third kappa shape index (κ3) is 3.16. The van der Waals surface area contributed by atoms with E-state index in [2.05, 4.69) is 117 Å². The first kappa shape index (κ1) is 21.7. The van der Waals surface area contributed by atoms with Crippen molar-refractivity contribution in [1.82, 2.24) is 9.97 Å². The van der Waals surface area contributed by atoms with E-state index in [4.69, 9.17) is 9.97 Å². The van der Waals surface area contributed by atoms with Gasteiger partial charge < -0.3 is 4.90 Å². The lowest BCUT2D eigenvalue weighted by Crippen LogP contribution is -2.33. The lowest BCUT2D eigenvalue weighted by molar-refractivity contribution is -0.406. The van der Waals surface area contributed by atoms with E-state index in [1.807, 2.05) is 12.3 Å². The summed E-state index contributed by atoms with van der Waals surface area (Å²) in [4.78, 5) is 12.2. The van der Waals surface area contributed by atoms with E-state index in [9.17, 15) is 0 Å². The molecule has 0 radical (unpaired) electrons. The highest BCUT2D eigenvalue weighted by Crippen LogP contribution is 2.50. The number of pyridine rings is 2. The molecule has 6 rings (SSSR count). The molecule has 35 heavy (non-hydrogen) atoms. The maximum absolute atomic E-state index is 5.14. The van der Waals surface area contributed by atoms with E-state index in [0.29, 0.717) is 0 Å². The number of hydrogen-bond acceptors (Lipinski definition) is 3. The largest absolute Gasteiger partial charge is 0.332 e. The summed E-state index contributed by atoms with van der Waals surface area (Å²) in [5.74, 6) is 2.08. The lowest BCUT2D eigenvalue weighted by atomic mass is 9.74. The molecule has 1 atom stereocenters. The Morgan fingerprint density at radius 2 is 1.66 bits per heavy atom. The summed E-state index contributed by atoms with van der Waals surface area (Å²) in [5, 5.41) is 1.18. The van der Waals surface area contributed by atoms with Crippen molar-refractivity contribution in [2.45, 2.75) is 38.0 Å². The fourth-order valence-electron chi connectivity index (χ4n) is 6.07. The quantitative estimate of drug-likeness (QED) is 0.343. The van der Waals surface area contributed by atoms with Gasteiger partial charge in [-0.15, -0.1) is 0 Å². The highest BCUT2D eigenvalue weighted by molar-refractivity contribution is 6.04. The normalized spacial score (nSPS) is 21.6. The summed E-state index contributed by atoms with van der Waals surface area (Å²) in [5.41, 5.74) is 7.05. The minimum Gasteiger partial charge on any atom is -0.332 e. The predicted molar refractivity (Wildman–Crippen MR) is 144 cm³/mol. The Morgan fingerprint density at radius 3 is 2.43 bits per heavy atom. The van der Waals surface area contributed by atoms with Gasteiger partial charge in [0.1, 0.15) is 17.7 Å². The average molecular weight is 460 g/mol. The van der Waals surface area contributed by atoms with Crippen molar-refractivity contribution in [3.8, 4) is 0 Å². The maximum Gasteiger partial charge on any atom is 0.327 e. The van der Waals surface area contributed by atoms with E-state index in [-0.39, 0.29) is 10.8 Å². The number of allylic oxidation sites excluding steroid dienone is 2. The van der Waals surface area contributed by atoms with Crippen molar-refractivity contribution < 1.29 is 4.58 Å². The summed E-state index contributed by atoms with van der Waals surface area (Å²) in [7, 11) is 4.30. The topological polar surface area (TPSA) is 32.0 Å². The smallest absolute Gasteiger partial charge is 0.327 e. The molecule has 0 N–H and O–H groups in total. The molecular weight excluding hydrogens is 428 g/mol. The molecule has 4 nitrogen and oxygen atoms in total. The van der Waals surface area contributed by atoms with Gasteiger partial charge in [0.05, 0.1) is 23.5 Å². The van der Waals surface area contributed by atoms with Crippen LogP contribution in [-0.2, 0) is 17.3 Å². The molecule has 0 saturated heterocycles. The zero-order valence-corrected chi connectivity index (χ0v) is 21.1. The van der Waals surface area contributed by atoms with Gasteiger partial charge in [0.25, 0.3) is 0 Å². The molecule has 0 amide bonds. The first-order valence-corrected chi connectivity index (χ1v) is 12.3. The average Bonchev–Trinajstić information content (AvgIpc) is 3.18. The summed E-state index contributed by atoms with van der Waals surface area (Å²) < 4.78 is 2.26. The second-order valence-electron chi connectivity index (χ2n) is 10.6. The summed E-state index contributed by atoms with van der Waals surface area (Å²) >= 11 is 0. The predicted octanol–water partition coefficient (Wildman–Crippen LogP) is 6.17. The molecule has 0 saturated carbocycles. The molecule has 2 aliphatic rings. The highest BCUT2D eigenvalue weighted by atomic mass is 15.2. The van der Waals surface area contributed by atoms with Crippen molar-refractivity contribution in [1.29, 1.82) is 0 Å². The van der Waals surface area contributed by atoms with Gasteiger partial charge in [-0.3, -0.25) is 0 Å². The molecular formula is C31H31N4+. The van der Waals surface area contributed by atoms with Crippen LogP contribution in [0.25, 0.3) is 10.9 Å². The molecule has 4 aromatic rings. The van der Waals surface area contributed by atoms with E-state index in [1.54, 1.807) is 0 Å². The molecule has 4 heterocycles. The number of fused-ring (bicyclic) bond motifs is 3. The van der Waals surface area contributed by atoms with Gasteiger partial charge in [0.2, 0.25) is 0 Å². The Hall–Kier alpha value is -3.79. The summed E-state index contributed by atoms with van der Waals surface area (Å²) in [6, 6.07) is 25.8. The number of para-hydroxylation sites is 1. The Labute approximate surface area is 207 Å². The van der Waals surface area contributed by atoms with Crippen molar-refractivity contribution in [3.63, 3.8) is 0 Å². The Kier molecular flexibility index (Phi) is 4.72. The number of aromatic nitrogens is 2. The zero-order chi connectivity index (χ0) is 24.4. The van der Waals surface area contributed by atoms with Gasteiger partial charge in [0.15, 0.2) is 0 Å².